The molecule has 1 unspecified atom stereocenters. The topological polar surface area (TPSA) is 15.3 Å². The third-order valence-corrected chi connectivity index (χ3v) is 2.44. The van der Waals surface area contributed by atoms with Crippen LogP contribution < -0.4 is 5.32 Å². The van der Waals surface area contributed by atoms with Crippen molar-refractivity contribution in [2.45, 2.75) is 12.8 Å². The molecule has 1 heterocycles. The van der Waals surface area contributed by atoms with Crippen molar-refractivity contribution < 1.29 is 0 Å². The third kappa shape index (κ3) is 2.22. The molecular formula is C9H18N2. The van der Waals surface area contributed by atoms with E-state index in [0.717, 1.165) is 0 Å². The second kappa shape index (κ2) is 3.77. The molecule has 0 bridgehead atoms. The lowest BCUT2D eigenvalue weighted by Crippen LogP contribution is -2.34. The van der Waals surface area contributed by atoms with Gasteiger partial charge in [-0.05, 0) is 26.4 Å². The van der Waals surface area contributed by atoms with Crippen LogP contribution >= 0.6 is 0 Å². The SMILES string of the molecule is C=C(NC)C1CCCN(C)C1. The van der Waals surface area contributed by atoms with E-state index in [1.54, 1.807) is 0 Å². The zero-order chi connectivity index (χ0) is 8.27. The Morgan fingerprint density at radius 1 is 1.64 bits per heavy atom. The molecule has 1 aliphatic rings. The summed E-state index contributed by atoms with van der Waals surface area (Å²) in [5, 5.41) is 3.13. The Labute approximate surface area is 69.3 Å². The van der Waals surface area contributed by atoms with Gasteiger partial charge < -0.3 is 10.2 Å². The van der Waals surface area contributed by atoms with Crippen LogP contribution in [0.1, 0.15) is 12.8 Å². The minimum Gasteiger partial charge on any atom is -0.392 e. The lowest BCUT2D eigenvalue weighted by Gasteiger charge is -2.30. The number of hydrogen-bond acceptors (Lipinski definition) is 2. The Balaban J connectivity index is 2.39. The molecule has 0 aromatic heterocycles. The molecule has 1 N–H and O–H groups in total. The van der Waals surface area contributed by atoms with Crippen molar-refractivity contribution in [3.8, 4) is 0 Å². The maximum atomic E-state index is 3.99. The van der Waals surface area contributed by atoms with E-state index in [1.165, 1.54) is 31.6 Å². The van der Waals surface area contributed by atoms with Gasteiger partial charge >= 0.3 is 0 Å². The van der Waals surface area contributed by atoms with Crippen molar-refractivity contribution in [2.75, 3.05) is 27.2 Å². The molecule has 0 saturated carbocycles. The Hall–Kier alpha value is -0.500. The van der Waals surface area contributed by atoms with Crippen LogP contribution in [-0.2, 0) is 0 Å². The van der Waals surface area contributed by atoms with E-state index in [0.29, 0.717) is 5.92 Å². The van der Waals surface area contributed by atoms with E-state index in [4.69, 9.17) is 0 Å². The van der Waals surface area contributed by atoms with E-state index in [-0.39, 0.29) is 0 Å². The van der Waals surface area contributed by atoms with Crippen LogP contribution in [0, 0.1) is 5.92 Å². The molecule has 0 aliphatic carbocycles. The summed E-state index contributed by atoms with van der Waals surface area (Å²) in [5.74, 6) is 0.666. The van der Waals surface area contributed by atoms with E-state index in [2.05, 4.69) is 23.8 Å². The van der Waals surface area contributed by atoms with Gasteiger partial charge in [0.15, 0.2) is 0 Å². The molecule has 2 nitrogen and oxygen atoms in total. The second-order valence-electron chi connectivity index (χ2n) is 3.38. The van der Waals surface area contributed by atoms with Crippen molar-refractivity contribution in [3.05, 3.63) is 12.3 Å². The predicted octanol–water partition coefficient (Wildman–Crippen LogP) is 1.06. The number of rotatable bonds is 2. The number of nitrogens with zero attached hydrogens (tertiary/aromatic N) is 1. The molecule has 0 radical (unpaired) electrons. The van der Waals surface area contributed by atoms with E-state index in [9.17, 15) is 0 Å². The Kier molecular flexibility index (Phi) is 2.94. The molecule has 1 fully saturated rings. The first kappa shape index (κ1) is 8.60. The minimum atomic E-state index is 0.666. The van der Waals surface area contributed by atoms with E-state index >= 15 is 0 Å². The molecule has 0 aromatic rings. The normalized spacial score (nSPS) is 26.5. The zero-order valence-corrected chi connectivity index (χ0v) is 7.56. The van der Waals surface area contributed by atoms with Gasteiger partial charge in [0, 0.05) is 25.2 Å². The molecule has 64 valence electrons. The number of piperidine rings is 1. The van der Waals surface area contributed by atoms with E-state index in [1.807, 2.05) is 7.05 Å². The maximum Gasteiger partial charge on any atom is 0.0108 e. The summed E-state index contributed by atoms with van der Waals surface area (Å²) in [4.78, 5) is 2.37. The highest BCUT2D eigenvalue weighted by atomic mass is 15.1. The first-order valence-corrected chi connectivity index (χ1v) is 4.29. The second-order valence-corrected chi connectivity index (χ2v) is 3.38. The standard InChI is InChI=1S/C9H18N2/c1-8(10-2)9-5-4-6-11(3)7-9/h9-10H,1,4-7H2,2-3H3. The van der Waals surface area contributed by atoms with Crippen LogP contribution in [0.15, 0.2) is 12.3 Å². The largest absolute Gasteiger partial charge is 0.392 e. The average molecular weight is 154 g/mol. The minimum absolute atomic E-state index is 0.666. The quantitative estimate of drug-likeness (QED) is 0.640. The van der Waals surface area contributed by atoms with Gasteiger partial charge in [-0.2, -0.15) is 0 Å². The molecule has 11 heavy (non-hydrogen) atoms. The van der Waals surface area contributed by atoms with Gasteiger partial charge in [0.05, 0.1) is 0 Å². The molecule has 2 heteroatoms. The van der Waals surface area contributed by atoms with Gasteiger partial charge in [-0.1, -0.05) is 6.58 Å². The summed E-state index contributed by atoms with van der Waals surface area (Å²) in [7, 11) is 4.13. The summed E-state index contributed by atoms with van der Waals surface area (Å²) < 4.78 is 0. The van der Waals surface area contributed by atoms with Crippen molar-refractivity contribution in [3.63, 3.8) is 0 Å². The highest BCUT2D eigenvalue weighted by molar-refractivity contribution is 4.99. The van der Waals surface area contributed by atoms with Crippen LogP contribution in [0.2, 0.25) is 0 Å². The molecule has 0 amide bonds. The first-order chi connectivity index (χ1) is 5.24. The van der Waals surface area contributed by atoms with Gasteiger partial charge in [0.2, 0.25) is 0 Å². The summed E-state index contributed by atoms with van der Waals surface area (Å²) in [5.41, 5.74) is 1.19. The van der Waals surface area contributed by atoms with Crippen molar-refractivity contribution >= 4 is 0 Å². The smallest absolute Gasteiger partial charge is 0.0108 e. The van der Waals surface area contributed by atoms with Crippen LogP contribution in [0.4, 0.5) is 0 Å². The molecule has 1 aliphatic heterocycles. The molecule has 1 saturated heterocycles. The zero-order valence-electron chi connectivity index (χ0n) is 7.56. The lowest BCUT2D eigenvalue weighted by atomic mass is 9.96. The van der Waals surface area contributed by atoms with Crippen molar-refractivity contribution in [1.29, 1.82) is 0 Å². The number of hydrogen-bond donors (Lipinski definition) is 1. The van der Waals surface area contributed by atoms with Crippen LogP contribution in [-0.4, -0.2) is 32.1 Å². The Morgan fingerprint density at radius 3 is 2.91 bits per heavy atom. The van der Waals surface area contributed by atoms with Crippen molar-refractivity contribution in [1.82, 2.24) is 10.2 Å². The fraction of sp³-hybridized carbons (Fsp3) is 0.778. The van der Waals surface area contributed by atoms with Crippen LogP contribution in [0.5, 0.6) is 0 Å². The summed E-state index contributed by atoms with van der Waals surface area (Å²) in [6, 6.07) is 0. The number of likely N-dealkylation sites (tertiary alicyclic amines) is 1. The van der Waals surface area contributed by atoms with E-state index < -0.39 is 0 Å². The maximum absolute atomic E-state index is 3.99. The van der Waals surface area contributed by atoms with Gasteiger partial charge in [0.25, 0.3) is 0 Å². The third-order valence-electron chi connectivity index (χ3n) is 2.44. The molecular weight excluding hydrogens is 136 g/mol. The fourth-order valence-corrected chi connectivity index (χ4v) is 1.65. The molecule has 1 atom stereocenters. The van der Waals surface area contributed by atoms with Gasteiger partial charge in [-0.3, -0.25) is 0 Å². The fourth-order valence-electron chi connectivity index (χ4n) is 1.65. The molecule has 0 aromatic carbocycles. The first-order valence-electron chi connectivity index (χ1n) is 4.29. The average Bonchev–Trinajstić information content (AvgIpc) is 2.03. The molecule has 1 rings (SSSR count). The van der Waals surface area contributed by atoms with Gasteiger partial charge in [-0.25, -0.2) is 0 Å². The highest BCUT2D eigenvalue weighted by Gasteiger charge is 2.18. The summed E-state index contributed by atoms with van der Waals surface area (Å²) in [6.07, 6.45) is 2.60. The summed E-state index contributed by atoms with van der Waals surface area (Å²) >= 11 is 0. The van der Waals surface area contributed by atoms with Crippen LogP contribution in [0.3, 0.4) is 0 Å². The van der Waals surface area contributed by atoms with Crippen molar-refractivity contribution in [2.24, 2.45) is 5.92 Å². The Morgan fingerprint density at radius 2 is 2.36 bits per heavy atom. The highest BCUT2D eigenvalue weighted by Crippen LogP contribution is 2.19. The predicted molar refractivity (Wildman–Crippen MR) is 48.4 cm³/mol. The Bertz CT molecular complexity index is 142. The van der Waals surface area contributed by atoms with Gasteiger partial charge in [-0.15, -0.1) is 0 Å². The van der Waals surface area contributed by atoms with Gasteiger partial charge in [0.1, 0.15) is 0 Å². The van der Waals surface area contributed by atoms with Crippen LogP contribution in [0.25, 0.3) is 0 Å². The number of nitrogens with one attached hydrogen (secondary N) is 1. The molecule has 0 spiro atoms. The lowest BCUT2D eigenvalue weighted by molar-refractivity contribution is 0.227. The summed E-state index contributed by atoms with van der Waals surface area (Å²) in [6.45, 7) is 6.40. The monoisotopic (exact) mass is 154 g/mol.